The lowest BCUT2D eigenvalue weighted by Crippen LogP contribution is -2.40. The minimum Gasteiger partial charge on any atom is -0.493 e. The molecule has 6 heteroatoms. The van der Waals surface area contributed by atoms with Crippen LogP contribution < -0.4 is 20.3 Å². The van der Waals surface area contributed by atoms with Crippen LogP contribution in [0.5, 0.6) is 11.5 Å². The highest BCUT2D eigenvalue weighted by atomic mass is 16.5. The largest absolute Gasteiger partial charge is 0.493 e. The van der Waals surface area contributed by atoms with Crippen LogP contribution in [0.15, 0.2) is 48.5 Å². The van der Waals surface area contributed by atoms with Crippen LogP contribution in [0.25, 0.3) is 6.08 Å². The first-order chi connectivity index (χ1) is 12.9. The lowest BCUT2D eigenvalue weighted by atomic mass is 10.1. The molecule has 2 N–H and O–H groups in total. The van der Waals surface area contributed by atoms with E-state index in [-0.39, 0.29) is 6.10 Å². The molecular formula is C21H24N2O4. The van der Waals surface area contributed by atoms with Crippen molar-refractivity contribution in [2.24, 2.45) is 0 Å². The van der Waals surface area contributed by atoms with Gasteiger partial charge < -0.3 is 9.47 Å². The number of ether oxygens (including phenoxy) is 2. The third kappa shape index (κ3) is 5.88. The van der Waals surface area contributed by atoms with Crippen LogP contribution in [0.1, 0.15) is 35.3 Å². The van der Waals surface area contributed by atoms with Gasteiger partial charge in [0.1, 0.15) is 0 Å². The summed E-state index contributed by atoms with van der Waals surface area (Å²) in [4.78, 5) is 24.1. The summed E-state index contributed by atoms with van der Waals surface area (Å²) >= 11 is 0. The van der Waals surface area contributed by atoms with Crippen molar-refractivity contribution in [2.75, 3.05) is 7.11 Å². The van der Waals surface area contributed by atoms with E-state index in [2.05, 4.69) is 10.9 Å². The fraction of sp³-hybridized carbons (Fsp3) is 0.238. The smallest absolute Gasteiger partial charge is 0.269 e. The summed E-state index contributed by atoms with van der Waals surface area (Å²) in [5, 5.41) is 0. The van der Waals surface area contributed by atoms with Crippen molar-refractivity contribution in [2.45, 2.75) is 26.9 Å². The minimum atomic E-state index is -0.456. The topological polar surface area (TPSA) is 76.7 Å². The van der Waals surface area contributed by atoms with Gasteiger partial charge in [-0.25, -0.2) is 0 Å². The summed E-state index contributed by atoms with van der Waals surface area (Å²) in [6.07, 6.45) is 3.04. The third-order valence-electron chi connectivity index (χ3n) is 3.69. The Balaban J connectivity index is 1.97. The van der Waals surface area contributed by atoms with Crippen LogP contribution in [-0.2, 0) is 4.79 Å². The van der Waals surface area contributed by atoms with Crippen molar-refractivity contribution in [3.8, 4) is 11.5 Å². The Morgan fingerprint density at radius 1 is 1.04 bits per heavy atom. The normalized spacial score (nSPS) is 10.7. The fourth-order valence-electron chi connectivity index (χ4n) is 2.33. The van der Waals surface area contributed by atoms with E-state index in [1.165, 1.54) is 13.2 Å². The van der Waals surface area contributed by atoms with Gasteiger partial charge in [0.05, 0.1) is 13.2 Å². The molecule has 0 unspecified atom stereocenters. The van der Waals surface area contributed by atoms with Gasteiger partial charge in [-0.15, -0.1) is 0 Å². The second-order valence-corrected chi connectivity index (χ2v) is 6.17. The molecule has 0 bridgehead atoms. The molecule has 0 atom stereocenters. The maximum absolute atomic E-state index is 12.2. The van der Waals surface area contributed by atoms with Crippen LogP contribution in [0.2, 0.25) is 0 Å². The maximum atomic E-state index is 12.2. The van der Waals surface area contributed by atoms with Crippen LogP contribution >= 0.6 is 0 Å². The number of nitrogens with one attached hydrogen (secondary N) is 2. The molecule has 0 aliphatic rings. The molecule has 0 aliphatic heterocycles. The zero-order valence-electron chi connectivity index (χ0n) is 15.9. The standard InChI is InChI=1S/C21H24N2O4/c1-14(2)27-18-11-9-17(13-19(18)26-4)21(25)23-22-20(24)12-10-16-8-6-5-7-15(16)3/h5-14H,1-4H3,(H,22,24)(H,23,25)/b12-10+. The molecule has 27 heavy (non-hydrogen) atoms. The van der Waals surface area contributed by atoms with Gasteiger partial charge in [-0.05, 0) is 56.2 Å². The molecule has 0 spiro atoms. The van der Waals surface area contributed by atoms with Gasteiger partial charge in [0.15, 0.2) is 11.5 Å². The first-order valence-corrected chi connectivity index (χ1v) is 8.59. The number of carbonyl (C=O) groups excluding carboxylic acids is 2. The van der Waals surface area contributed by atoms with Crippen molar-refractivity contribution in [1.82, 2.24) is 10.9 Å². The van der Waals surface area contributed by atoms with Crippen molar-refractivity contribution >= 4 is 17.9 Å². The quantitative estimate of drug-likeness (QED) is 0.606. The van der Waals surface area contributed by atoms with E-state index in [0.29, 0.717) is 17.1 Å². The number of hydrogen-bond donors (Lipinski definition) is 2. The summed E-state index contributed by atoms with van der Waals surface area (Å²) in [6, 6.07) is 12.5. The monoisotopic (exact) mass is 368 g/mol. The van der Waals surface area contributed by atoms with Crippen LogP contribution in [0.4, 0.5) is 0 Å². The highest BCUT2D eigenvalue weighted by molar-refractivity contribution is 5.98. The summed E-state index contributed by atoms with van der Waals surface area (Å²) in [6.45, 7) is 5.76. The van der Waals surface area contributed by atoms with Gasteiger partial charge in [0, 0.05) is 11.6 Å². The van der Waals surface area contributed by atoms with Gasteiger partial charge in [-0.3, -0.25) is 20.4 Å². The summed E-state index contributed by atoms with van der Waals surface area (Å²) in [5.74, 6) is 0.108. The number of rotatable bonds is 6. The Morgan fingerprint density at radius 2 is 1.78 bits per heavy atom. The van der Waals surface area contributed by atoms with Gasteiger partial charge in [-0.2, -0.15) is 0 Å². The number of methoxy groups -OCH3 is 1. The minimum absolute atomic E-state index is 0.0158. The number of hydrazine groups is 1. The van der Waals surface area contributed by atoms with Gasteiger partial charge in [0.2, 0.25) is 0 Å². The lowest BCUT2D eigenvalue weighted by Gasteiger charge is -2.14. The molecule has 0 fully saturated rings. The summed E-state index contributed by atoms with van der Waals surface area (Å²) < 4.78 is 10.9. The van der Waals surface area contributed by atoms with Crippen LogP contribution in [0, 0.1) is 6.92 Å². The van der Waals surface area contributed by atoms with Gasteiger partial charge >= 0.3 is 0 Å². The van der Waals surface area contributed by atoms with Crippen LogP contribution in [-0.4, -0.2) is 25.0 Å². The van der Waals surface area contributed by atoms with Crippen molar-refractivity contribution < 1.29 is 19.1 Å². The van der Waals surface area contributed by atoms with E-state index in [1.54, 1.807) is 24.3 Å². The number of benzene rings is 2. The second kappa shape index (κ2) is 9.43. The second-order valence-electron chi connectivity index (χ2n) is 6.17. The molecule has 0 aliphatic carbocycles. The molecule has 0 saturated carbocycles. The van der Waals surface area contributed by atoms with Crippen molar-refractivity contribution in [3.05, 3.63) is 65.2 Å². The van der Waals surface area contributed by atoms with E-state index >= 15 is 0 Å². The zero-order valence-corrected chi connectivity index (χ0v) is 15.9. The number of hydrogen-bond acceptors (Lipinski definition) is 4. The fourth-order valence-corrected chi connectivity index (χ4v) is 2.33. The SMILES string of the molecule is COc1cc(C(=O)NNC(=O)/C=C/c2ccccc2C)ccc1OC(C)C. The molecule has 142 valence electrons. The Hall–Kier alpha value is -3.28. The predicted molar refractivity (Wildman–Crippen MR) is 105 cm³/mol. The number of aryl methyl sites for hydroxylation is 1. The Labute approximate surface area is 159 Å². The van der Waals surface area contributed by atoms with Crippen molar-refractivity contribution in [1.29, 1.82) is 0 Å². The first kappa shape index (κ1) is 20.0. The first-order valence-electron chi connectivity index (χ1n) is 8.59. The Morgan fingerprint density at radius 3 is 2.44 bits per heavy atom. The molecule has 2 amide bonds. The average Bonchev–Trinajstić information content (AvgIpc) is 2.65. The molecule has 0 heterocycles. The van der Waals surface area contributed by atoms with Crippen LogP contribution in [0.3, 0.4) is 0 Å². The van der Waals surface area contributed by atoms with E-state index in [0.717, 1.165) is 11.1 Å². The van der Waals surface area contributed by atoms with Crippen molar-refractivity contribution in [3.63, 3.8) is 0 Å². The highest BCUT2D eigenvalue weighted by Gasteiger charge is 2.12. The third-order valence-corrected chi connectivity index (χ3v) is 3.69. The van der Waals surface area contributed by atoms with E-state index in [4.69, 9.17) is 9.47 Å². The maximum Gasteiger partial charge on any atom is 0.269 e. The number of carbonyl (C=O) groups is 2. The van der Waals surface area contributed by atoms with E-state index in [9.17, 15) is 9.59 Å². The highest BCUT2D eigenvalue weighted by Crippen LogP contribution is 2.28. The Bertz CT molecular complexity index is 844. The van der Waals surface area contributed by atoms with Gasteiger partial charge in [0.25, 0.3) is 11.8 Å². The van der Waals surface area contributed by atoms with Gasteiger partial charge in [-0.1, -0.05) is 24.3 Å². The molecule has 0 saturated heterocycles. The molecule has 2 aromatic rings. The Kier molecular flexibility index (Phi) is 7.00. The predicted octanol–water partition coefficient (Wildman–Crippen LogP) is 3.27. The van der Waals surface area contributed by atoms with E-state index in [1.807, 2.05) is 45.0 Å². The lowest BCUT2D eigenvalue weighted by molar-refractivity contribution is -0.117. The molecule has 2 aromatic carbocycles. The zero-order chi connectivity index (χ0) is 19.8. The molecule has 2 rings (SSSR count). The summed E-state index contributed by atoms with van der Waals surface area (Å²) in [5.41, 5.74) is 7.06. The number of amides is 2. The summed E-state index contributed by atoms with van der Waals surface area (Å²) in [7, 11) is 1.50. The molecule has 6 nitrogen and oxygen atoms in total. The van der Waals surface area contributed by atoms with E-state index < -0.39 is 11.8 Å². The molecule has 0 radical (unpaired) electrons. The average molecular weight is 368 g/mol. The molecular weight excluding hydrogens is 344 g/mol. The molecule has 0 aromatic heterocycles.